The van der Waals surface area contributed by atoms with Crippen LogP contribution < -0.4 is 14.8 Å². The molecule has 3 N–H and O–H groups in total. The van der Waals surface area contributed by atoms with Crippen LogP contribution in [-0.4, -0.2) is 59.1 Å². The fraction of sp³-hybridized carbons (Fsp3) is 0.212. The maximum absolute atomic E-state index is 13.4. The summed E-state index contributed by atoms with van der Waals surface area (Å²) in [6.45, 7) is 4.43. The predicted molar refractivity (Wildman–Crippen MR) is 174 cm³/mol. The van der Waals surface area contributed by atoms with Gasteiger partial charge in [0, 0.05) is 25.9 Å². The summed E-state index contributed by atoms with van der Waals surface area (Å²) in [5, 5.41) is 11.3. The summed E-state index contributed by atoms with van der Waals surface area (Å²) in [6.07, 6.45) is 4.47. The van der Waals surface area contributed by atoms with Gasteiger partial charge in [0.15, 0.2) is 0 Å². The third kappa shape index (κ3) is 6.13. The molecule has 12 heteroatoms. The monoisotopic (exact) mass is 626 g/mol. The predicted octanol–water partition coefficient (Wildman–Crippen LogP) is 6.06. The Balaban J connectivity index is 1.43. The first-order valence-corrected chi connectivity index (χ1v) is 15.8. The third-order valence-corrected chi connectivity index (χ3v) is 9.63. The highest BCUT2D eigenvalue weighted by Crippen LogP contribution is 2.57. The molecule has 1 aliphatic rings. The van der Waals surface area contributed by atoms with Crippen LogP contribution in [0.15, 0.2) is 90.1 Å². The molecule has 0 unspecified atom stereocenters. The van der Waals surface area contributed by atoms with Gasteiger partial charge in [0.2, 0.25) is 5.91 Å². The van der Waals surface area contributed by atoms with Crippen LogP contribution in [0.2, 0.25) is 0 Å². The largest absolute Gasteiger partial charge is 0.494 e. The minimum atomic E-state index is -3.35. The Hall–Kier alpha value is -4.75. The molecule has 0 bridgehead atoms. The number of aromatic nitrogens is 4. The molecule has 0 spiro atoms. The second kappa shape index (κ2) is 12.3. The minimum Gasteiger partial charge on any atom is -0.494 e. The first-order valence-electron chi connectivity index (χ1n) is 14.3. The van der Waals surface area contributed by atoms with Gasteiger partial charge in [-0.2, -0.15) is 4.31 Å². The number of anilines is 1. The Morgan fingerprint density at radius 2 is 1.96 bits per heavy atom. The van der Waals surface area contributed by atoms with E-state index in [0.29, 0.717) is 45.3 Å². The quantitative estimate of drug-likeness (QED) is 0.184. The van der Waals surface area contributed by atoms with Crippen molar-refractivity contribution >= 4 is 39.0 Å². The molecule has 0 saturated heterocycles. The van der Waals surface area contributed by atoms with E-state index in [2.05, 4.69) is 20.6 Å². The molecule has 6 rings (SSSR count). The molecule has 1 aliphatic heterocycles. The summed E-state index contributed by atoms with van der Waals surface area (Å²) < 4.78 is 38.0. The van der Waals surface area contributed by atoms with Gasteiger partial charge in [-0.15, -0.1) is 15.9 Å². The Labute approximate surface area is 262 Å². The fourth-order valence-corrected chi connectivity index (χ4v) is 7.12. The van der Waals surface area contributed by atoms with Gasteiger partial charge in [-0.3, -0.25) is 18.9 Å². The summed E-state index contributed by atoms with van der Waals surface area (Å²) in [5.74, 6) is 0.686. The van der Waals surface area contributed by atoms with Crippen LogP contribution in [0.5, 0.6) is 11.5 Å². The molecule has 0 saturated carbocycles. The number of hydrogen-bond donors (Lipinski definition) is 3. The summed E-state index contributed by atoms with van der Waals surface area (Å²) in [7, 11) is 0.0234. The number of para-hydroxylation sites is 1. The lowest BCUT2D eigenvalue weighted by molar-refractivity contribution is -0.111. The lowest BCUT2D eigenvalue weighted by atomic mass is 9.93. The van der Waals surface area contributed by atoms with E-state index in [1.165, 1.54) is 6.08 Å². The molecular weight excluding hydrogens is 592 g/mol. The van der Waals surface area contributed by atoms with Gasteiger partial charge < -0.3 is 14.8 Å². The van der Waals surface area contributed by atoms with Crippen LogP contribution in [-0.2, 0) is 18.4 Å². The number of methoxy groups -OCH3 is 1. The van der Waals surface area contributed by atoms with Crippen LogP contribution >= 0.6 is 10.8 Å². The number of nitrogens with one attached hydrogen (secondary N) is 1. The zero-order valence-electron chi connectivity index (χ0n) is 25.3. The summed E-state index contributed by atoms with van der Waals surface area (Å²) in [4.78, 5) is 17.8. The van der Waals surface area contributed by atoms with Crippen molar-refractivity contribution in [3.8, 4) is 11.5 Å². The Kier molecular flexibility index (Phi) is 8.30. The zero-order valence-corrected chi connectivity index (χ0v) is 26.2. The van der Waals surface area contributed by atoms with Crippen molar-refractivity contribution in [3.63, 3.8) is 0 Å². The van der Waals surface area contributed by atoms with E-state index in [0.717, 1.165) is 22.2 Å². The van der Waals surface area contributed by atoms with Crippen molar-refractivity contribution < 1.29 is 23.4 Å². The average molecular weight is 627 g/mol. The molecule has 0 radical (unpaired) electrons. The molecular formula is C33H34N6O5S. The maximum atomic E-state index is 13.4. The molecule has 5 aromatic rings. The fourth-order valence-electron chi connectivity index (χ4n) is 5.46. The second-order valence-corrected chi connectivity index (χ2v) is 12.9. The van der Waals surface area contributed by atoms with E-state index in [9.17, 15) is 13.9 Å². The van der Waals surface area contributed by atoms with Crippen LogP contribution in [0.4, 0.5) is 5.69 Å². The second-order valence-electron chi connectivity index (χ2n) is 10.9. The summed E-state index contributed by atoms with van der Waals surface area (Å²) >= 11 is 0. The molecule has 0 aliphatic carbocycles. The molecule has 45 heavy (non-hydrogen) atoms. The Morgan fingerprint density at radius 1 is 1.13 bits per heavy atom. The topological polar surface area (TPSA) is 135 Å². The number of amides is 1. The Bertz CT molecular complexity index is 1910. The van der Waals surface area contributed by atoms with Gasteiger partial charge in [-0.25, -0.2) is 4.68 Å². The average Bonchev–Trinajstić information content (AvgIpc) is 3.37. The van der Waals surface area contributed by atoms with Gasteiger partial charge in [-0.05, 0) is 84.1 Å². The number of nitrogens with zero attached hydrogens (tertiary/aromatic N) is 5. The standard InChI is InChI=1S/C33H34N6O5S/c1-21-11-12-23(14-25(21)20-39-19-22(2)44-29-9-5-6-10-31(29)45(39,41)42)27(17-32(40)35-26-8-7-13-34-18-26)24-15-28-33(30(16-24)43-4)38(3)37-36-28/h5-18,22,41-42H,19-20H2,1-4H3,(H,35,40)/b27-17+/t22-/m1/s1. The van der Waals surface area contributed by atoms with Crippen molar-refractivity contribution in [1.82, 2.24) is 24.3 Å². The lowest BCUT2D eigenvalue weighted by Crippen LogP contribution is -2.33. The third-order valence-electron chi connectivity index (χ3n) is 7.70. The van der Waals surface area contributed by atoms with Crippen LogP contribution in [0.1, 0.15) is 29.2 Å². The van der Waals surface area contributed by atoms with Crippen molar-refractivity contribution in [2.45, 2.75) is 31.4 Å². The van der Waals surface area contributed by atoms with E-state index in [-0.39, 0.29) is 18.6 Å². The van der Waals surface area contributed by atoms with Crippen LogP contribution in [0.3, 0.4) is 0 Å². The molecule has 1 atom stereocenters. The highest BCUT2D eigenvalue weighted by atomic mass is 32.3. The van der Waals surface area contributed by atoms with Crippen LogP contribution in [0.25, 0.3) is 16.6 Å². The van der Waals surface area contributed by atoms with E-state index in [1.54, 1.807) is 65.9 Å². The minimum absolute atomic E-state index is 0.242. The van der Waals surface area contributed by atoms with Crippen molar-refractivity contribution in [2.24, 2.45) is 7.05 Å². The van der Waals surface area contributed by atoms with Crippen molar-refractivity contribution in [1.29, 1.82) is 0 Å². The summed E-state index contributed by atoms with van der Waals surface area (Å²) in [5.41, 5.74) is 5.80. The van der Waals surface area contributed by atoms with Crippen molar-refractivity contribution in [2.75, 3.05) is 19.0 Å². The number of carbonyl (C=O) groups excluding carboxylic acids is 1. The number of hydrogen-bond acceptors (Lipinski definition) is 9. The van der Waals surface area contributed by atoms with Gasteiger partial charge in [0.1, 0.15) is 33.5 Å². The SMILES string of the molecule is COc1cc(/C(=C/C(=O)Nc2cccnc2)c2ccc(C)c(CN3C[C@@H](C)Oc4ccccc4S3(O)O)c2)cc2nnn(C)c12. The number of aryl methyl sites for hydroxylation is 2. The highest BCUT2D eigenvalue weighted by Gasteiger charge is 2.34. The van der Waals surface area contributed by atoms with E-state index in [1.807, 2.05) is 50.2 Å². The Morgan fingerprint density at radius 3 is 2.73 bits per heavy atom. The smallest absolute Gasteiger partial charge is 0.249 e. The van der Waals surface area contributed by atoms with E-state index in [4.69, 9.17) is 9.47 Å². The molecule has 2 aromatic heterocycles. The van der Waals surface area contributed by atoms with Gasteiger partial charge in [-0.1, -0.05) is 29.5 Å². The lowest BCUT2D eigenvalue weighted by Gasteiger charge is -2.42. The van der Waals surface area contributed by atoms with Crippen LogP contribution in [0, 0.1) is 6.92 Å². The van der Waals surface area contributed by atoms with E-state index < -0.39 is 10.8 Å². The van der Waals surface area contributed by atoms with Gasteiger partial charge in [0.05, 0.1) is 25.5 Å². The number of benzene rings is 3. The molecule has 1 amide bonds. The number of fused-ring (bicyclic) bond motifs is 2. The normalized spacial score (nSPS) is 17.2. The molecule has 232 valence electrons. The molecule has 0 fully saturated rings. The first-order chi connectivity index (χ1) is 21.6. The first kappa shape index (κ1) is 30.3. The van der Waals surface area contributed by atoms with E-state index >= 15 is 0 Å². The van der Waals surface area contributed by atoms with Gasteiger partial charge in [0.25, 0.3) is 0 Å². The molecule has 3 heterocycles. The molecule has 11 nitrogen and oxygen atoms in total. The number of rotatable bonds is 7. The molecule has 3 aromatic carbocycles. The zero-order chi connectivity index (χ0) is 31.7. The maximum Gasteiger partial charge on any atom is 0.249 e. The van der Waals surface area contributed by atoms with Gasteiger partial charge >= 0.3 is 0 Å². The van der Waals surface area contributed by atoms with Crippen molar-refractivity contribution in [3.05, 3.63) is 107 Å². The number of ether oxygens (including phenoxy) is 2. The summed E-state index contributed by atoms with van der Waals surface area (Å²) in [6, 6.07) is 20.2. The number of pyridine rings is 1. The highest BCUT2D eigenvalue weighted by molar-refractivity contribution is 8.22. The number of carbonyl (C=O) groups is 1.